The van der Waals surface area contributed by atoms with Crippen LogP contribution in [0.4, 0.5) is 13.2 Å². The van der Waals surface area contributed by atoms with Crippen LogP contribution >= 0.6 is 0 Å². The highest BCUT2D eigenvalue weighted by Crippen LogP contribution is 2.31. The third-order valence-corrected chi connectivity index (χ3v) is 5.28. The van der Waals surface area contributed by atoms with Crippen molar-refractivity contribution in [3.05, 3.63) is 47.8 Å². The van der Waals surface area contributed by atoms with Crippen LogP contribution < -0.4 is 0 Å². The Morgan fingerprint density at radius 2 is 1.93 bits per heavy atom. The molecule has 2 unspecified atom stereocenters. The van der Waals surface area contributed by atoms with Gasteiger partial charge in [-0.2, -0.15) is 18.3 Å². The zero-order valence-electron chi connectivity index (χ0n) is 15.1. The summed E-state index contributed by atoms with van der Waals surface area (Å²) >= 11 is 0. The molecule has 0 saturated carbocycles. The predicted octanol–water partition coefficient (Wildman–Crippen LogP) is 3.51. The minimum absolute atomic E-state index is 0.0491. The van der Waals surface area contributed by atoms with Gasteiger partial charge < -0.3 is 0 Å². The Hall–Kier alpha value is -2.55. The summed E-state index contributed by atoms with van der Waals surface area (Å²) in [5.74, 6) is 1.69. The van der Waals surface area contributed by atoms with Crippen molar-refractivity contribution in [2.75, 3.05) is 0 Å². The lowest BCUT2D eigenvalue weighted by molar-refractivity contribution is -0.141. The van der Waals surface area contributed by atoms with E-state index in [0.29, 0.717) is 18.0 Å². The average Bonchev–Trinajstić information content (AvgIpc) is 3.05. The van der Waals surface area contributed by atoms with Gasteiger partial charge in [0.05, 0.1) is 22.7 Å². The van der Waals surface area contributed by atoms with Crippen molar-refractivity contribution in [3.8, 4) is 11.4 Å². The fraction of sp³-hybridized carbons (Fsp3) is 0.368. The van der Waals surface area contributed by atoms with E-state index in [2.05, 4.69) is 37.2 Å². The Balaban J connectivity index is 1.51. The molecule has 2 aliphatic heterocycles. The van der Waals surface area contributed by atoms with Crippen LogP contribution in [0.1, 0.15) is 24.6 Å². The summed E-state index contributed by atoms with van der Waals surface area (Å²) in [5, 5.41) is 6.36. The zero-order chi connectivity index (χ0) is 19.9. The minimum Gasteiger partial charge on any atom is -0.271 e. The molecule has 2 aromatic rings. The summed E-state index contributed by atoms with van der Waals surface area (Å²) in [4.78, 5) is 12.3. The predicted molar refractivity (Wildman–Crippen MR) is 101 cm³/mol. The average molecular weight is 400 g/mol. The Morgan fingerprint density at radius 3 is 2.64 bits per heavy atom. The van der Waals surface area contributed by atoms with Gasteiger partial charge in [0.2, 0.25) is 0 Å². The van der Waals surface area contributed by atoms with Crippen LogP contribution in [-0.2, 0) is 12.7 Å². The van der Waals surface area contributed by atoms with Crippen LogP contribution in [0.25, 0.3) is 11.4 Å². The summed E-state index contributed by atoms with van der Waals surface area (Å²) < 4.78 is 38.5. The Morgan fingerprint density at radius 1 is 1.18 bits per heavy atom. The molecule has 0 spiro atoms. The molecule has 3 atom stereocenters. The molecule has 5 nitrogen and oxygen atoms in total. The first-order valence-corrected chi connectivity index (χ1v) is 9.49. The molecule has 3 heterocycles. The van der Waals surface area contributed by atoms with E-state index in [9.17, 15) is 13.2 Å². The van der Waals surface area contributed by atoms with Gasteiger partial charge in [0.15, 0.2) is 5.82 Å². The lowest BCUT2D eigenvalue weighted by Gasteiger charge is -2.29. The normalized spacial score (nSPS) is 24.2. The Kier molecular flexibility index (Phi) is 4.78. The number of aromatic nitrogens is 2. The van der Waals surface area contributed by atoms with E-state index in [1.54, 1.807) is 12.1 Å². The first kappa shape index (κ1) is 18.8. The number of fused-ring (bicyclic) bond motifs is 1. The molecule has 0 saturated heterocycles. The van der Waals surface area contributed by atoms with Crippen molar-refractivity contribution >= 4 is 22.3 Å². The van der Waals surface area contributed by atoms with Crippen molar-refractivity contribution in [1.82, 2.24) is 15.0 Å². The van der Waals surface area contributed by atoms with Crippen LogP contribution in [-0.4, -0.2) is 42.9 Å². The lowest BCUT2D eigenvalue weighted by Crippen LogP contribution is -2.36. The number of hydrogen-bond donors (Lipinski definition) is 0. The van der Waals surface area contributed by atoms with Crippen LogP contribution in [0.5, 0.6) is 0 Å². The zero-order valence-corrected chi connectivity index (χ0v) is 16.1. The van der Waals surface area contributed by atoms with Gasteiger partial charge >= 0.3 is 6.18 Å². The number of benzene rings is 1. The molecule has 1 aromatic heterocycles. The van der Waals surface area contributed by atoms with Crippen molar-refractivity contribution in [1.29, 1.82) is 0 Å². The van der Waals surface area contributed by atoms with Crippen LogP contribution in [0.2, 0.25) is 0 Å². The smallest absolute Gasteiger partial charge is 0.271 e. The summed E-state index contributed by atoms with van der Waals surface area (Å²) in [6.07, 6.45) is -0.465. The van der Waals surface area contributed by atoms with Crippen LogP contribution in [0.15, 0.2) is 46.6 Å². The summed E-state index contributed by atoms with van der Waals surface area (Å²) in [6, 6.07) is 8.00. The van der Waals surface area contributed by atoms with E-state index < -0.39 is 11.9 Å². The van der Waals surface area contributed by atoms with E-state index in [0.717, 1.165) is 30.1 Å². The van der Waals surface area contributed by atoms with Crippen molar-refractivity contribution in [3.63, 3.8) is 0 Å². The van der Waals surface area contributed by atoms with Crippen LogP contribution in [0, 0.1) is 11.8 Å². The fourth-order valence-corrected chi connectivity index (χ4v) is 3.93. The third kappa shape index (κ3) is 3.71. The van der Waals surface area contributed by atoms with E-state index in [1.807, 2.05) is 23.4 Å². The quantitative estimate of drug-likeness (QED) is 0.741. The van der Waals surface area contributed by atoms with Gasteiger partial charge in [0, 0.05) is 23.6 Å². The van der Waals surface area contributed by atoms with Gasteiger partial charge in [0.1, 0.15) is 11.5 Å². The molecule has 0 amide bonds. The fourth-order valence-electron chi connectivity index (χ4n) is 3.43. The van der Waals surface area contributed by atoms with Crippen molar-refractivity contribution in [2.24, 2.45) is 21.9 Å². The Labute approximate surface area is 163 Å². The topological polar surface area (TPSA) is 53.7 Å². The van der Waals surface area contributed by atoms with Gasteiger partial charge in [-0.1, -0.05) is 31.2 Å². The third-order valence-electron chi connectivity index (χ3n) is 4.92. The molecule has 0 aliphatic carbocycles. The van der Waals surface area contributed by atoms with Gasteiger partial charge in [-0.15, -0.1) is 0 Å². The molecule has 0 fully saturated rings. The number of hydrogen-bond acceptors (Lipinski definition) is 5. The molecule has 0 bridgehead atoms. The second-order valence-corrected chi connectivity index (χ2v) is 7.69. The number of amidine groups is 1. The number of nitrogens with zero attached hydrogens (tertiary/aromatic N) is 5. The van der Waals surface area contributed by atoms with E-state index in [4.69, 9.17) is 0 Å². The number of halogens is 3. The summed E-state index contributed by atoms with van der Waals surface area (Å²) in [5.41, 5.74) is 0.639. The van der Waals surface area contributed by atoms with Gasteiger partial charge in [-0.25, -0.2) is 15.0 Å². The second kappa shape index (κ2) is 7.12. The van der Waals surface area contributed by atoms with Crippen molar-refractivity contribution < 1.29 is 13.2 Å². The number of rotatable bonds is 3. The van der Waals surface area contributed by atoms with Crippen LogP contribution in [0.3, 0.4) is 0 Å². The molecule has 28 heavy (non-hydrogen) atoms. The molecule has 2 aliphatic rings. The van der Waals surface area contributed by atoms with E-state index in [1.165, 1.54) is 0 Å². The molecule has 4 rings (SSSR count). The van der Waals surface area contributed by atoms with Gasteiger partial charge in [0.25, 0.3) is 0 Å². The number of alkyl halides is 3. The highest BCUT2D eigenvalue weighted by Gasteiger charge is 2.35. The highest BCUT2D eigenvalue weighted by atomic mass is 28.1. The molecule has 143 valence electrons. The maximum Gasteiger partial charge on any atom is 0.433 e. The molecule has 1 aromatic carbocycles. The molecule has 3 radical (unpaired) electrons. The maximum atomic E-state index is 12.8. The van der Waals surface area contributed by atoms with Gasteiger partial charge in [-0.05, 0) is 24.0 Å². The van der Waals surface area contributed by atoms with Crippen molar-refractivity contribution in [2.45, 2.75) is 31.7 Å². The molecule has 9 heteroatoms. The molecular weight excluding hydrogens is 383 g/mol. The summed E-state index contributed by atoms with van der Waals surface area (Å²) in [7, 11) is 3.62. The highest BCUT2D eigenvalue weighted by molar-refractivity contribution is 6.14. The van der Waals surface area contributed by atoms with E-state index in [-0.39, 0.29) is 17.4 Å². The second-order valence-electron chi connectivity index (χ2n) is 7.02. The maximum absolute atomic E-state index is 12.8. The Bertz CT molecular complexity index is 926. The number of aliphatic imine (C=N–C) groups is 1. The molecular formula is C19H17F3N5Si. The lowest BCUT2D eigenvalue weighted by atomic mass is 9.89. The molecule has 0 N–H and O–H groups in total. The van der Waals surface area contributed by atoms with E-state index >= 15 is 0 Å². The largest absolute Gasteiger partial charge is 0.433 e. The first-order valence-electron chi connectivity index (χ1n) is 8.91. The summed E-state index contributed by atoms with van der Waals surface area (Å²) in [6.45, 7) is 2.73. The number of hydrazone groups is 1. The standard InChI is InChI=1S/C19H17F3N5Si/c1-11-8-16(28)26-18-14(11)9-24-27(18)10-12-2-4-13(5-3-12)17-23-7-6-15(25-17)19(20,21)22/h2-7,9,11,14,16H,8,10H2,1H3/t11?,14?,16-/m0/s1. The minimum atomic E-state index is -4.49. The SMILES string of the molecule is CC1C[C@H]([Si])N=C2C1C=NN2Cc1ccc(-c2nccc(C(F)(F)F)n2)cc1. The monoisotopic (exact) mass is 400 g/mol. The van der Waals surface area contributed by atoms with Gasteiger partial charge in [-0.3, -0.25) is 4.99 Å². The first-order chi connectivity index (χ1) is 13.3.